The molecule has 2 heterocycles. The van der Waals surface area contributed by atoms with Gasteiger partial charge in [0.05, 0.1) is 6.54 Å². The summed E-state index contributed by atoms with van der Waals surface area (Å²) in [7, 11) is 0. The highest BCUT2D eigenvalue weighted by Crippen LogP contribution is 2.17. The van der Waals surface area contributed by atoms with Gasteiger partial charge >= 0.3 is 5.97 Å². The van der Waals surface area contributed by atoms with Crippen LogP contribution in [0.4, 0.5) is 5.69 Å². The van der Waals surface area contributed by atoms with E-state index in [4.69, 9.17) is 9.15 Å². The van der Waals surface area contributed by atoms with Gasteiger partial charge in [-0.15, -0.1) is 0 Å². The highest BCUT2D eigenvalue weighted by Gasteiger charge is 2.21. The second kappa shape index (κ2) is 8.35. The van der Waals surface area contributed by atoms with Crippen LogP contribution in [0.15, 0.2) is 65.3 Å². The Morgan fingerprint density at radius 2 is 1.93 bits per heavy atom. The fraction of sp³-hybridized carbons (Fsp3) is 0.250. The number of hydrogen-bond acceptors (Lipinski definition) is 5. The minimum absolute atomic E-state index is 0.0563. The van der Waals surface area contributed by atoms with Gasteiger partial charge in [-0.3, -0.25) is 9.48 Å². The lowest BCUT2D eigenvalue weighted by atomic mass is 10.2. The number of para-hydroxylation sites is 1. The molecule has 0 unspecified atom stereocenters. The van der Waals surface area contributed by atoms with E-state index in [1.165, 1.54) is 6.07 Å². The molecule has 3 aromatic rings. The van der Waals surface area contributed by atoms with Gasteiger partial charge in [0, 0.05) is 24.1 Å². The third-order valence-corrected chi connectivity index (χ3v) is 3.89. The number of rotatable bonds is 7. The van der Waals surface area contributed by atoms with E-state index in [2.05, 4.69) is 5.10 Å². The van der Waals surface area contributed by atoms with E-state index in [-0.39, 0.29) is 24.3 Å². The van der Waals surface area contributed by atoms with Gasteiger partial charge in [0.1, 0.15) is 5.76 Å². The van der Waals surface area contributed by atoms with Crippen LogP contribution in [-0.4, -0.2) is 34.3 Å². The van der Waals surface area contributed by atoms with E-state index in [9.17, 15) is 9.59 Å². The van der Waals surface area contributed by atoms with E-state index in [0.29, 0.717) is 12.3 Å². The first-order chi connectivity index (χ1) is 13.0. The molecule has 0 aliphatic carbocycles. The van der Waals surface area contributed by atoms with Gasteiger partial charge in [-0.05, 0) is 44.2 Å². The first kappa shape index (κ1) is 18.4. The summed E-state index contributed by atoms with van der Waals surface area (Å²) in [6, 6.07) is 14.2. The van der Waals surface area contributed by atoms with Crippen LogP contribution in [0, 0.1) is 0 Å². The molecule has 140 valence electrons. The Labute approximate surface area is 157 Å². The lowest BCUT2D eigenvalue weighted by Crippen LogP contribution is -2.39. The molecule has 0 fully saturated rings. The summed E-state index contributed by atoms with van der Waals surface area (Å²) in [5, 5.41) is 4.08. The average molecular weight is 367 g/mol. The van der Waals surface area contributed by atoms with Crippen molar-refractivity contribution in [3.05, 3.63) is 72.4 Å². The van der Waals surface area contributed by atoms with Gasteiger partial charge in [0.15, 0.2) is 6.61 Å². The maximum atomic E-state index is 12.5. The van der Waals surface area contributed by atoms with E-state index >= 15 is 0 Å². The highest BCUT2D eigenvalue weighted by atomic mass is 16.5. The number of benzene rings is 1. The fourth-order valence-electron chi connectivity index (χ4n) is 2.71. The molecule has 7 nitrogen and oxygen atoms in total. The van der Waals surface area contributed by atoms with Crippen molar-refractivity contribution in [2.24, 2.45) is 0 Å². The van der Waals surface area contributed by atoms with Crippen molar-refractivity contribution in [3.8, 4) is 0 Å². The first-order valence-electron chi connectivity index (χ1n) is 8.65. The molecule has 1 aromatic carbocycles. The molecule has 3 rings (SSSR count). The molecule has 7 heteroatoms. The molecule has 0 radical (unpaired) electrons. The van der Waals surface area contributed by atoms with Crippen LogP contribution in [0.3, 0.4) is 0 Å². The lowest BCUT2D eigenvalue weighted by Gasteiger charge is -2.26. The summed E-state index contributed by atoms with van der Waals surface area (Å²) in [6.07, 6.45) is 3.46. The molecular weight excluding hydrogens is 346 g/mol. The third-order valence-electron chi connectivity index (χ3n) is 3.89. The summed E-state index contributed by atoms with van der Waals surface area (Å²) >= 11 is 0. The van der Waals surface area contributed by atoms with E-state index in [0.717, 1.165) is 5.69 Å². The Hall–Kier alpha value is -3.35. The van der Waals surface area contributed by atoms with Crippen molar-refractivity contribution < 1.29 is 18.7 Å². The molecule has 2 aromatic heterocycles. The number of carbonyl (C=O) groups excluding carboxylic acids is 2. The van der Waals surface area contributed by atoms with Crippen LogP contribution in [0.5, 0.6) is 0 Å². The van der Waals surface area contributed by atoms with Crippen molar-refractivity contribution >= 4 is 17.6 Å². The molecule has 0 aliphatic heterocycles. The van der Waals surface area contributed by atoms with Crippen molar-refractivity contribution in [2.75, 3.05) is 11.5 Å². The molecule has 0 atom stereocenters. The monoisotopic (exact) mass is 367 g/mol. The summed E-state index contributed by atoms with van der Waals surface area (Å²) in [6.45, 7) is 3.86. The normalized spacial score (nSPS) is 10.8. The predicted octanol–water partition coefficient (Wildman–Crippen LogP) is 3.12. The Morgan fingerprint density at radius 1 is 1.15 bits per heavy atom. The number of nitrogens with zero attached hydrogens (tertiary/aromatic N) is 3. The Balaban J connectivity index is 1.59. The van der Waals surface area contributed by atoms with Crippen LogP contribution in [0.2, 0.25) is 0 Å². The number of ether oxygens (including phenoxy) is 1. The number of anilines is 1. The van der Waals surface area contributed by atoms with Crippen molar-refractivity contribution in [1.82, 2.24) is 9.78 Å². The standard InChI is InChI=1S/C20H21N3O4/c1-15(2)23(16-7-4-3-5-8-16)19(24)14-26-20(25)18-10-9-17(27-18)13-22-12-6-11-21-22/h3-12,15H,13-14H2,1-2H3. The van der Waals surface area contributed by atoms with Crippen molar-refractivity contribution in [3.63, 3.8) is 0 Å². The van der Waals surface area contributed by atoms with E-state index in [1.54, 1.807) is 34.1 Å². The molecule has 1 amide bonds. The minimum Gasteiger partial charge on any atom is -0.452 e. The molecule has 0 spiro atoms. The van der Waals surface area contributed by atoms with Gasteiger partial charge in [-0.25, -0.2) is 4.79 Å². The van der Waals surface area contributed by atoms with Crippen LogP contribution < -0.4 is 4.90 Å². The van der Waals surface area contributed by atoms with E-state index in [1.807, 2.05) is 44.2 Å². The number of furan rings is 1. The van der Waals surface area contributed by atoms with Crippen LogP contribution >= 0.6 is 0 Å². The second-order valence-corrected chi connectivity index (χ2v) is 6.24. The van der Waals surface area contributed by atoms with Crippen LogP contribution in [0.25, 0.3) is 0 Å². The summed E-state index contributed by atoms with van der Waals surface area (Å²) < 4.78 is 12.3. The fourth-order valence-corrected chi connectivity index (χ4v) is 2.71. The topological polar surface area (TPSA) is 77.6 Å². The number of hydrogen-bond donors (Lipinski definition) is 0. The predicted molar refractivity (Wildman–Crippen MR) is 99.4 cm³/mol. The zero-order valence-corrected chi connectivity index (χ0v) is 15.2. The number of esters is 1. The summed E-state index contributed by atoms with van der Waals surface area (Å²) in [5.74, 6) is -0.342. The number of carbonyl (C=O) groups is 2. The highest BCUT2D eigenvalue weighted by molar-refractivity contribution is 5.96. The third kappa shape index (κ3) is 4.63. The lowest BCUT2D eigenvalue weighted by molar-refractivity contribution is -0.122. The molecule has 0 saturated carbocycles. The largest absolute Gasteiger partial charge is 0.452 e. The van der Waals surface area contributed by atoms with Gasteiger partial charge in [0.25, 0.3) is 5.91 Å². The second-order valence-electron chi connectivity index (χ2n) is 6.24. The smallest absolute Gasteiger partial charge is 0.374 e. The SMILES string of the molecule is CC(C)N(C(=O)COC(=O)c1ccc(Cn2cccn2)o1)c1ccccc1. The van der Waals surface area contributed by atoms with Gasteiger partial charge < -0.3 is 14.1 Å². The summed E-state index contributed by atoms with van der Waals surface area (Å²) in [5.41, 5.74) is 0.757. The first-order valence-corrected chi connectivity index (χ1v) is 8.65. The van der Waals surface area contributed by atoms with E-state index < -0.39 is 5.97 Å². The van der Waals surface area contributed by atoms with Crippen molar-refractivity contribution in [1.29, 1.82) is 0 Å². The Kier molecular flexibility index (Phi) is 5.71. The molecule has 0 saturated heterocycles. The maximum absolute atomic E-state index is 12.5. The summed E-state index contributed by atoms with van der Waals surface area (Å²) in [4.78, 5) is 26.3. The minimum atomic E-state index is -0.674. The Bertz CT molecular complexity index is 885. The van der Waals surface area contributed by atoms with Gasteiger partial charge in [-0.1, -0.05) is 18.2 Å². The maximum Gasteiger partial charge on any atom is 0.374 e. The average Bonchev–Trinajstić information content (AvgIpc) is 3.33. The van der Waals surface area contributed by atoms with Crippen molar-refractivity contribution in [2.45, 2.75) is 26.4 Å². The molecular formula is C20H21N3O4. The quantitative estimate of drug-likeness (QED) is 0.600. The number of amides is 1. The molecule has 27 heavy (non-hydrogen) atoms. The number of aromatic nitrogens is 2. The zero-order chi connectivity index (χ0) is 19.2. The van der Waals surface area contributed by atoms with Crippen LogP contribution in [0.1, 0.15) is 30.2 Å². The molecule has 0 aliphatic rings. The van der Waals surface area contributed by atoms with Crippen LogP contribution in [-0.2, 0) is 16.1 Å². The Morgan fingerprint density at radius 3 is 2.59 bits per heavy atom. The zero-order valence-electron chi connectivity index (χ0n) is 15.2. The molecule has 0 N–H and O–H groups in total. The van der Waals surface area contributed by atoms with Gasteiger partial charge in [-0.2, -0.15) is 5.10 Å². The molecule has 0 bridgehead atoms. The van der Waals surface area contributed by atoms with Gasteiger partial charge in [0.2, 0.25) is 5.76 Å².